The molecule has 0 spiro atoms. The summed E-state index contributed by atoms with van der Waals surface area (Å²) in [5.41, 5.74) is 0.894. The van der Waals surface area contributed by atoms with Gasteiger partial charge in [-0.3, -0.25) is 0 Å². The van der Waals surface area contributed by atoms with Gasteiger partial charge in [-0.2, -0.15) is 5.10 Å². The van der Waals surface area contributed by atoms with Crippen LogP contribution in [0.3, 0.4) is 0 Å². The Balaban J connectivity index is 2.71. The number of rotatable bonds is 2. The van der Waals surface area contributed by atoms with Crippen molar-refractivity contribution in [3.63, 3.8) is 0 Å². The minimum absolute atomic E-state index is 0.225. The summed E-state index contributed by atoms with van der Waals surface area (Å²) in [5.74, 6) is -0.225. The van der Waals surface area contributed by atoms with E-state index in [1.54, 1.807) is 23.4 Å². The van der Waals surface area contributed by atoms with Gasteiger partial charge in [0.25, 0.3) is 0 Å². The molecule has 0 saturated heterocycles. The maximum absolute atomic E-state index is 12.4. The molecule has 12 heavy (non-hydrogen) atoms. The van der Waals surface area contributed by atoms with Gasteiger partial charge in [-0.25, -0.2) is 4.39 Å². The number of hydrogen-bond acceptors (Lipinski definition) is 2. The Bertz CT molecular complexity index is 264. The standard InChI is InChI=1S/C9H11FN2/c1-12(2)11-7-8-3-5-9(10)6-4-8/h3-7H,1-2H3. The lowest BCUT2D eigenvalue weighted by Crippen LogP contribution is -2.01. The van der Waals surface area contributed by atoms with Crippen LogP contribution in [0.5, 0.6) is 0 Å². The molecule has 64 valence electrons. The van der Waals surface area contributed by atoms with E-state index in [0.717, 1.165) is 5.56 Å². The quantitative estimate of drug-likeness (QED) is 0.482. The van der Waals surface area contributed by atoms with E-state index in [0.29, 0.717) is 0 Å². The van der Waals surface area contributed by atoms with Crippen molar-refractivity contribution in [2.75, 3.05) is 14.1 Å². The van der Waals surface area contributed by atoms with Gasteiger partial charge in [0.1, 0.15) is 5.82 Å². The molecule has 0 fully saturated rings. The van der Waals surface area contributed by atoms with Gasteiger partial charge in [-0.15, -0.1) is 0 Å². The van der Waals surface area contributed by atoms with Crippen LogP contribution in [0.4, 0.5) is 4.39 Å². The van der Waals surface area contributed by atoms with E-state index in [1.165, 1.54) is 12.1 Å². The molecule has 2 nitrogen and oxygen atoms in total. The lowest BCUT2D eigenvalue weighted by Gasteiger charge is -2.01. The van der Waals surface area contributed by atoms with E-state index in [-0.39, 0.29) is 5.82 Å². The van der Waals surface area contributed by atoms with Crippen molar-refractivity contribution >= 4 is 6.21 Å². The van der Waals surface area contributed by atoms with Crippen LogP contribution in [0.15, 0.2) is 29.4 Å². The van der Waals surface area contributed by atoms with Gasteiger partial charge in [-0.05, 0) is 17.7 Å². The fourth-order valence-corrected chi connectivity index (χ4v) is 0.731. The highest BCUT2D eigenvalue weighted by Gasteiger charge is 1.88. The topological polar surface area (TPSA) is 15.6 Å². The zero-order valence-electron chi connectivity index (χ0n) is 7.16. The number of benzene rings is 1. The summed E-state index contributed by atoms with van der Waals surface area (Å²) in [6, 6.07) is 6.19. The molecule has 0 N–H and O–H groups in total. The van der Waals surface area contributed by atoms with Gasteiger partial charge in [0, 0.05) is 14.1 Å². The zero-order chi connectivity index (χ0) is 8.97. The average molecular weight is 166 g/mol. The van der Waals surface area contributed by atoms with Gasteiger partial charge in [0.2, 0.25) is 0 Å². The molecule has 1 rings (SSSR count). The first-order chi connectivity index (χ1) is 5.68. The van der Waals surface area contributed by atoms with E-state index in [1.807, 2.05) is 14.1 Å². The van der Waals surface area contributed by atoms with Gasteiger partial charge in [0.05, 0.1) is 6.21 Å². The van der Waals surface area contributed by atoms with Gasteiger partial charge >= 0.3 is 0 Å². The number of hydrazone groups is 1. The monoisotopic (exact) mass is 166 g/mol. The Hall–Kier alpha value is -1.38. The maximum atomic E-state index is 12.4. The Labute approximate surface area is 71.3 Å². The first-order valence-electron chi connectivity index (χ1n) is 3.65. The highest BCUT2D eigenvalue weighted by molar-refractivity contribution is 5.79. The van der Waals surface area contributed by atoms with Gasteiger partial charge in [-0.1, -0.05) is 12.1 Å². The third kappa shape index (κ3) is 2.70. The van der Waals surface area contributed by atoms with Crippen molar-refractivity contribution in [1.29, 1.82) is 0 Å². The molecule has 0 saturated carbocycles. The molecule has 1 aromatic carbocycles. The number of halogens is 1. The molecule has 3 heteroatoms. The molecular formula is C9H11FN2. The normalized spacial score (nSPS) is 10.6. The fourth-order valence-electron chi connectivity index (χ4n) is 0.731. The minimum atomic E-state index is -0.225. The average Bonchev–Trinajstić information content (AvgIpc) is 2.03. The predicted octanol–water partition coefficient (Wildman–Crippen LogP) is 1.72. The predicted molar refractivity (Wildman–Crippen MR) is 47.7 cm³/mol. The zero-order valence-corrected chi connectivity index (χ0v) is 7.16. The van der Waals surface area contributed by atoms with Crippen LogP contribution in [0.25, 0.3) is 0 Å². The molecule has 0 aliphatic carbocycles. The van der Waals surface area contributed by atoms with Crippen LogP contribution in [0, 0.1) is 5.82 Å². The summed E-state index contributed by atoms with van der Waals surface area (Å²) in [6.45, 7) is 0. The molecule has 0 radical (unpaired) electrons. The molecule has 1 aromatic rings. The van der Waals surface area contributed by atoms with Crippen LogP contribution in [0.2, 0.25) is 0 Å². The molecule has 0 bridgehead atoms. The molecule has 0 aromatic heterocycles. The summed E-state index contributed by atoms with van der Waals surface area (Å²) in [5, 5.41) is 5.69. The minimum Gasteiger partial charge on any atom is -0.303 e. The second kappa shape index (κ2) is 3.85. The molecule has 0 atom stereocenters. The van der Waals surface area contributed by atoms with Crippen LogP contribution in [-0.4, -0.2) is 25.3 Å². The number of nitrogens with zero attached hydrogens (tertiary/aromatic N) is 2. The van der Waals surface area contributed by atoms with E-state index in [9.17, 15) is 4.39 Å². The highest BCUT2D eigenvalue weighted by atomic mass is 19.1. The lowest BCUT2D eigenvalue weighted by molar-refractivity contribution is 0.440. The number of hydrogen-bond donors (Lipinski definition) is 0. The lowest BCUT2D eigenvalue weighted by atomic mass is 10.2. The van der Waals surface area contributed by atoms with E-state index >= 15 is 0 Å². The Kier molecular flexibility index (Phi) is 2.80. The van der Waals surface area contributed by atoms with Crippen molar-refractivity contribution in [3.05, 3.63) is 35.6 Å². The van der Waals surface area contributed by atoms with Gasteiger partial charge < -0.3 is 5.01 Å². The first kappa shape index (κ1) is 8.71. The molecule has 0 unspecified atom stereocenters. The van der Waals surface area contributed by atoms with Crippen molar-refractivity contribution in [3.8, 4) is 0 Å². The Morgan fingerprint density at radius 2 is 1.83 bits per heavy atom. The largest absolute Gasteiger partial charge is 0.303 e. The summed E-state index contributed by atoms with van der Waals surface area (Å²) in [7, 11) is 3.67. The van der Waals surface area contributed by atoms with E-state index < -0.39 is 0 Å². The molecule has 0 amide bonds. The van der Waals surface area contributed by atoms with Crippen molar-refractivity contribution in [2.24, 2.45) is 5.10 Å². The summed E-state index contributed by atoms with van der Waals surface area (Å²) in [4.78, 5) is 0. The second-order valence-electron chi connectivity index (χ2n) is 2.64. The Morgan fingerprint density at radius 3 is 2.33 bits per heavy atom. The van der Waals surface area contributed by atoms with Crippen molar-refractivity contribution in [1.82, 2.24) is 5.01 Å². The Morgan fingerprint density at radius 1 is 1.25 bits per heavy atom. The second-order valence-corrected chi connectivity index (χ2v) is 2.64. The molecular weight excluding hydrogens is 155 g/mol. The maximum Gasteiger partial charge on any atom is 0.123 e. The molecule has 0 aliphatic rings. The summed E-state index contributed by atoms with van der Waals surface area (Å²) < 4.78 is 12.4. The van der Waals surface area contributed by atoms with Crippen LogP contribution >= 0.6 is 0 Å². The fraction of sp³-hybridized carbons (Fsp3) is 0.222. The van der Waals surface area contributed by atoms with Crippen LogP contribution < -0.4 is 0 Å². The third-order valence-electron chi connectivity index (χ3n) is 1.31. The van der Waals surface area contributed by atoms with Crippen LogP contribution in [0.1, 0.15) is 5.56 Å². The highest BCUT2D eigenvalue weighted by Crippen LogP contribution is 1.99. The smallest absolute Gasteiger partial charge is 0.123 e. The van der Waals surface area contributed by atoms with Crippen molar-refractivity contribution < 1.29 is 4.39 Å². The summed E-state index contributed by atoms with van der Waals surface area (Å²) in [6.07, 6.45) is 1.68. The van der Waals surface area contributed by atoms with Crippen LogP contribution in [-0.2, 0) is 0 Å². The third-order valence-corrected chi connectivity index (χ3v) is 1.31. The van der Waals surface area contributed by atoms with Crippen molar-refractivity contribution in [2.45, 2.75) is 0 Å². The molecule has 0 aliphatic heterocycles. The summed E-state index contributed by atoms with van der Waals surface area (Å²) >= 11 is 0. The first-order valence-corrected chi connectivity index (χ1v) is 3.65. The van der Waals surface area contributed by atoms with Gasteiger partial charge in [0.15, 0.2) is 0 Å². The SMILES string of the molecule is CN(C)N=Cc1ccc(F)cc1. The van der Waals surface area contributed by atoms with E-state index in [2.05, 4.69) is 5.10 Å². The molecule has 0 heterocycles. The van der Waals surface area contributed by atoms with E-state index in [4.69, 9.17) is 0 Å².